The Hall–Kier alpha value is -7.75. The minimum Gasteiger partial charge on any atom is -0.409 e. The summed E-state index contributed by atoms with van der Waals surface area (Å²) in [6.07, 6.45) is 8.51. The smallest absolute Gasteiger partial charge is 0.409 e. The molecule has 0 fully saturated rings. The zero-order valence-corrected chi connectivity index (χ0v) is 65.4. The fraction of sp³-hybridized carbons (Fsp3) is 0.286. The van der Waals surface area contributed by atoms with Gasteiger partial charge in [0.25, 0.3) is 0 Å². The van der Waals surface area contributed by atoms with Crippen molar-refractivity contribution in [1.82, 2.24) is 0 Å². The molecule has 0 bridgehead atoms. The van der Waals surface area contributed by atoms with E-state index in [0.717, 1.165) is 94.7 Å². The van der Waals surface area contributed by atoms with Gasteiger partial charge in [-0.15, -0.1) is 0 Å². The fourth-order valence-electron chi connectivity index (χ4n) is 10.6. The highest BCUT2D eigenvalue weighted by Gasteiger charge is 2.35. The summed E-state index contributed by atoms with van der Waals surface area (Å²) in [6.45, 7) is 23.9. The van der Waals surface area contributed by atoms with Crippen molar-refractivity contribution in [2.24, 2.45) is 0 Å². The summed E-state index contributed by atoms with van der Waals surface area (Å²) in [5.74, 6) is 6.61. The first-order valence-electron chi connectivity index (χ1n) is 35.1. The van der Waals surface area contributed by atoms with Gasteiger partial charge in [0.05, 0.1) is 11.1 Å². The molecule has 0 saturated heterocycles. The molecule has 2 atom stereocenters. The number of hydrogen-bond donors (Lipinski definition) is 0. The van der Waals surface area contributed by atoms with Crippen molar-refractivity contribution in [1.29, 1.82) is 0 Å². The summed E-state index contributed by atoms with van der Waals surface area (Å²) in [5.41, 5.74) is 8.51. The largest absolute Gasteiger partial charge is 0.530 e. The van der Waals surface area contributed by atoms with Crippen molar-refractivity contribution >= 4 is 57.0 Å². The minimum atomic E-state index is -2.38. The van der Waals surface area contributed by atoms with E-state index in [-0.39, 0.29) is 46.7 Å². The van der Waals surface area contributed by atoms with Gasteiger partial charge in [-0.2, -0.15) is 0 Å². The molecule has 0 saturated carbocycles. The molecule has 0 aliphatic heterocycles. The van der Waals surface area contributed by atoms with Crippen LogP contribution in [0.4, 0.5) is 0 Å². The third-order valence-electron chi connectivity index (χ3n) is 16.6. The normalized spacial score (nSPS) is 12.0. The number of rotatable bonds is 38. The molecule has 2 unspecified atom stereocenters. The lowest BCUT2D eigenvalue weighted by atomic mass is 10.0. The molecule has 0 N–H and O–H groups in total. The second-order valence-corrected chi connectivity index (χ2v) is 31.0. The topological polar surface area (TPSA) is 111 Å². The molecular weight excluding hydrogens is 1450 g/mol. The Balaban J connectivity index is 1.21. The Bertz CT molecular complexity index is 4040. The molecule has 17 heteroatoms. The van der Waals surface area contributed by atoms with Crippen LogP contribution in [0.5, 0.6) is 69.0 Å². The minimum absolute atomic E-state index is 0.248. The van der Waals surface area contributed by atoms with Gasteiger partial charge in [-0.1, -0.05) is 205 Å². The molecule has 101 heavy (non-hydrogen) atoms. The monoisotopic (exact) mass is 1540 g/mol. The van der Waals surface area contributed by atoms with Crippen LogP contribution in [0, 0.1) is 3.57 Å². The molecule has 10 rings (SSSR count). The molecule has 0 aliphatic rings. The van der Waals surface area contributed by atoms with Crippen molar-refractivity contribution in [2.75, 3.05) is 0 Å². The lowest BCUT2D eigenvalue weighted by Crippen LogP contribution is -2.09. The van der Waals surface area contributed by atoms with Gasteiger partial charge in [-0.3, -0.25) is 0 Å². The van der Waals surface area contributed by atoms with E-state index in [9.17, 15) is 0 Å². The van der Waals surface area contributed by atoms with Gasteiger partial charge in [0.1, 0.15) is 69.0 Å². The number of benzene rings is 10. The van der Waals surface area contributed by atoms with Crippen LogP contribution in [0.25, 0.3) is 11.1 Å². The molecule has 0 heterocycles. The lowest BCUT2D eigenvalue weighted by molar-refractivity contribution is 0.375. The third-order valence-corrected chi connectivity index (χ3v) is 21.5. The number of halogens is 1. The van der Waals surface area contributed by atoms with Crippen molar-refractivity contribution in [3.05, 3.63) is 273 Å². The van der Waals surface area contributed by atoms with E-state index >= 15 is 0 Å². The summed E-state index contributed by atoms with van der Waals surface area (Å²) >= 11 is 2.35. The summed E-state index contributed by atoms with van der Waals surface area (Å²) < 4.78 is 86.6. The zero-order chi connectivity index (χ0) is 71.0. The number of unbranched alkanes of at least 4 members (excludes halogenated alkanes) is 3. The standard InChI is InChI=1S/C84H93IO12P4/c1-12-15-25-63-36-47-72(48-37-63)91-101(92-77-31-22-21-28-68(77)26-16-13-2)97-82-35-24-33-80(95-99(89-75-53-42-66(43-54-75)61(8)9)90-76-55-44-67(45-56-76)62(10)11)84(82)83-79(94-98(87-73-49-38-64(39-50-73)59(4)5)88-74-51-40-65(41-52-74)60(6)7)32-23-34-81(83)96-100(86-71-29-19-18-20-30-71)93-78-57-46-70(85)58-69(78)27-17-14-3/h18-24,28-62H,12-17,25-27H2,1-11H3. The van der Waals surface area contributed by atoms with Gasteiger partial charge in [-0.05, 0) is 245 Å². The number of hydrogen-bond acceptors (Lipinski definition) is 12. The Morgan fingerprint density at radius 3 is 0.921 bits per heavy atom. The Kier molecular flexibility index (Phi) is 28.9. The Morgan fingerprint density at radius 1 is 0.267 bits per heavy atom. The van der Waals surface area contributed by atoms with Crippen LogP contribution in [-0.4, -0.2) is 0 Å². The van der Waals surface area contributed by atoms with Crippen LogP contribution in [0.3, 0.4) is 0 Å². The summed E-state index contributed by atoms with van der Waals surface area (Å²) in [6, 6.07) is 75.0. The maximum absolute atomic E-state index is 7.46. The van der Waals surface area contributed by atoms with E-state index in [1.54, 1.807) is 0 Å². The molecule has 10 aromatic carbocycles. The number of aryl methyl sites for hydroxylation is 3. The average molecular weight is 1550 g/mol. The van der Waals surface area contributed by atoms with Crippen molar-refractivity contribution in [3.8, 4) is 80.1 Å². The third kappa shape index (κ3) is 22.6. The molecule has 0 aliphatic carbocycles. The first-order chi connectivity index (χ1) is 49.1. The summed E-state index contributed by atoms with van der Waals surface area (Å²) in [4.78, 5) is 0. The SMILES string of the molecule is CCCCc1ccc(OP(Oc2ccccc2CCCC)Oc2cccc(OP(Oc3ccc(C(C)C)cc3)Oc3ccc(C(C)C)cc3)c2-c2c(OP(Oc3ccc(C(C)C)cc3)Oc3ccc(C(C)C)cc3)cccc2OP(Oc2ccccc2)Oc2ccc(I)cc2CCCC)cc1. The second kappa shape index (κ2) is 38.5. The molecule has 528 valence electrons. The van der Waals surface area contributed by atoms with Crippen LogP contribution < -0.4 is 54.3 Å². The van der Waals surface area contributed by atoms with Crippen LogP contribution in [0.15, 0.2) is 231 Å². The number of para-hydroxylation sites is 2. The Labute approximate surface area is 617 Å². The van der Waals surface area contributed by atoms with Crippen molar-refractivity contribution < 1.29 is 54.3 Å². The molecule has 12 nitrogen and oxygen atoms in total. The first-order valence-corrected chi connectivity index (χ1v) is 40.6. The van der Waals surface area contributed by atoms with Gasteiger partial charge in [0, 0.05) is 3.57 Å². The van der Waals surface area contributed by atoms with Gasteiger partial charge in [-0.25, -0.2) is 0 Å². The first kappa shape index (κ1) is 75.9. The van der Waals surface area contributed by atoms with E-state index in [4.69, 9.17) is 54.3 Å². The second-order valence-electron chi connectivity index (χ2n) is 25.8. The van der Waals surface area contributed by atoms with Gasteiger partial charge in [0.15, 0.2) is 0 Å². The van der Waals surface area contributed by atoms with Crippen LogP contribution in [0.2, 0.25) is 0 Å². The van der Waals surface area contributed by atoms with Crippen LogP contribution in [0.1, 0.15) is 177 Å². The van der Waals surface area contributed by atoms with Crippen LogP contribution >= 0.6 is 57.0 Å². The summed E-state index contributed by atoms with van der Waals surface area (Å²) in [5, 5.41) is 0. The van der Waals surface area contributed by atoms with Gasteiger partial charge >= 0.3 is 34.4 Å². The predicted molar refractivity (Wildman–Crippen MR) is 424 cm³/mol. The molecule has 0 amide bonds. The van der Waals surface area contributed by atoms with Gasteiger partial charge < -0.3 is 54.3 Å². The molecular formula is C84H93IO12P4. The van der Waals surface area contributed by atoms with E-state index in [0.29, 0.717) is 57.1 Å². The highest BCUT2D eigenvalue weighted by atomic mass is 127. The fourth-order valence-corrected chi connectivity index (χ4v) is 15.3. The van der Waals surface area contributed by atoms with E-state index in [1.165, 1.54) is 5.56 Å². The predicted octanol–water partition coefficient (Wildman–Crippen LogP) is 27.5. The average Bonchev–Trinajstić information content (AvgIpc) is 0.769. The maximum atomic E-state index is 7.46. The van der Waals surface area contributed by atoms with Crippen molar-refractivity contribution in [2.45, 2.75) is 158 Å². The molecule has 0 radical (unpaired) electrons. The van der Waals surface area contributed by atoms with E-state index in [2.05, 4.69) is 172 Å². The molecule has 0 spiro atoms. The van der Waals surface area contributed by atoms with E-state index in [1.807, 2.05) is 158 Å². The lowest BCUT2D eigenvalue weighted by Gasteiger charge is -2.26. The van der Waals surface area contributed by atoms with Crippen LogP contribution in [-0.2, 0) is 19.3 Å². The molecule has 10 aromatic rings. The highest BCUT2D eigenvalue weighted by molar-refractivity contribution is 14.1. The summed E-state index contributed by atoms with van der Waals surface area (Å²) in [7, 11) is -9.50. The molecule has 0 aromatic heterocycles. The van der Waals surface area contributed by atoms with Gasteiger partial charge in [0.2, 0.25) is 0 Å². The maximum Gasteiger partial charge on any atom is 0.530 e. The van der Waals surface area contributed by atoms with Crippen molar-refractivity contribution in [3.63, 3.8) is 0 Å². The van der Waals surface area contributed by atoms with E-state index < -0.39 is 34.4 Å². The highest BCUT2D eigenvalue weighted by Crippen LogP contribution is 2.59. The Morgan fingerprint density at radius 2 is 0.554 bits per heavy atom. The zero-order valence-electron chi connectivity index (χ0n) is 59.7. The quantitative estimate of drug-likeness (QED) is 0.0271.